The van der Waals surface area contributed by atoms with Crippen molar-refractivity contribution < 1.29 is 28.6 Å². The number of aromatic carboxylic acids is 1. The van der Waals surface area contributed by atoms with Crippen LogP contribution in [0.5, 0.6) is 0 Å². The molecule has 6 aromatic rings. The zero-order chi connectivity index (χ0) is 37.8. The molecule has 5 nitrogen and oxygen atoms in total. The van der Waals surface area contributed by atoms with E-state index in [1.807, 2.05) is 18.2 Å². The van der Waals surface area contributed by atoms with Gasteiger partial charge in [-0.25, -0.2) is 13.6 Å². The molecule has 0 aliphatic heterocycles. The molecule has 10 heteroatoms. The third-order valence-electron chi connectivity index (χ3n) is 8.81. The minimum absolute atomic E-state index is 0.0858. The van der Waals surface area contributed by atoms with Gasteiger partial charge in [-0.15, -0.1) is 0 Å². The summed E-state index contributed by atoms with van der Waals surface area (Å²) in [5, 5.41) is 27.6. The fourth-order valence-electron chi connectivity index (χ4n) is 5.88. The minimum Gasteiger partial charge on any atom is -0.478 e. The zero-order valence-electron chi connectivity index (χ0n) is 28.5. The minimum atomic E-state index is -3.02. The standard InChI is InChI=1S/C31H29Cl2F2NO2.C11H7ClO2/c1-30(2,3)31(34,35)21-15-13-19(14-16-21)17-27(28(37)20-7-4-8-22(32)18-20)36-29(38)25-11-5-10-24-23(25)9-6-12-26(24)33;12-10-6-2-3-7-8(10)4-1-5-9(7)11(13)14/h4-16,18,27-28,37H,17H2,1-3H3,(H,36,38);1-6H,(H,13,14). The molecule has 0 radical (unpaired) electrons. The summed E-state index contributed by atoms with van der Waals surface area (Å²) in [6, 6.07) is 33.0. The van der Waals surface area contributed by atoms with Gasteiger partial charge in [0.05, 0.1) is 17.7 Å². The van der Waals surface area contributed by atoms with Crippen LogP contribution in [0.1, 0.15) is 64.3 Å². The fourth-order valence-corrected chi connectivity index (χ4v) is 6.55. The molecule has 3 N–H and O–H groups in total. The molecule has 0 spiro atoms. The molecule has 0 saturated heterocycles. The number of carboxylic acid groups (broad SMARTS) is 1. The molecule has 6 rings (SSSR count). The number of hydrogen-bond donors (Lipinski definition) is 3. The summed E-state index contributed by atoms with van der Waals surface area (Å²) in [6.07, 6.45) is -0.904. The number of benzene rings is 6. The van der Waals surface area contributed by atoms with E-state index < -0.39 is 29.5 Å². The summed E-state index contributed by atoms with van der Waals surface area (Å²) in [4.78, 5) is 24.4. The van der Waals surface area contributed by atoms with E-state index in [1.165, 1.54) is 32.9 Å². The Hall–Kier alpha value is -4.53. The van der Waals surface area contributed by atoms with Gasteiger partial charge in [-0.3, -0.25) is 4.79 Å². The van der Waals surface area contributed by atoms with Crippen LogP contribution < -0.4 is 5.32 Å². The number of fused-ring (bicyclic) bond motifs is 2. The number of carbonyl (C=O) groups excluding carboxylic acids is 1. The van der Waals surface area contributed by atoms with E-state index >= 15 is 0 Å². The van der Waals surface area contributed by atoms with Gasteiger partial charge in [-0.1, -0.05) is 141 Å². The highest BCUT2D eigenvalue weighted by molar-refractivity contribution is 6.36. The van der Waals surface area contributed by atoms with Crippen LogP contribution in [0.2, 0.25) is 15.1 Å². The lowest BCUT2D eigenvalue weighted by molar-refractivity contribution is -0.104. The Bertz CT molecular complexity index is 2240. The van der Waals surface area contributed by atoms with Crippen molar-refractivity contribution in [2.75, 3.05) is 0 Å². The highest BCUT2D eigenvalue weighted by atomic mass is 35.5. The Balaban J connectivity index is 0.000000310. The van der Waals surface area contributed by atoms with Crippen molar-refractivity contribution in [1.29, 1.82) is 0 Å². The van der Waals surface area contributed by atoms with E-state index in [-0.39, 0.29) is 23.5 Å². The van der Waals surface area contributed by atoms with E-state index in [9.17, 15) is 23.5 Å². The second-order valence-corrected chi connectivity index (χ2v) is 14.6. The predicted molar refractivity (Wildman–Crippen MR) is 206 cm³/mol. The van der Waals surface area contributed by atoms with Gasteiger partial charge >= 0.3 is 5.97 Å². The molecule has 0 aromatic heterocycles. The van der Waals surface area contributed by atoms with Crippen LogP contribution in [-0.2, 0) is 12.3 Å². The first-order chi connectivity index (χ1) is 24.6. The van der Waals surface area contributed by atoms with Crippen molar-refractivity contribution in [2.45, 2.75) is 45.3 Å². The second kappa shape index (κ2) is 16.0. The van der Waals surface area contributed by atoms with E-state index in [0.29, 0.717) is 42.5 Å². The summed E-state index contributed by atoms with van der Waals surface area (Å²) in [7, 11) is 0. The number of rotatable bonds is 8. The predicted octanol–water partition coefficient (Wildman–Crippen LogP) is 11.6. The third-order valence-corrected chi connectivity index (χ3v) is 9.71. The molecule has 0 fully saturated rings. The maximum Gasteiger partial charge on any atom is 0.336 e. The van der Waals surface area contributed by atoms with Crippen molar-refractivity contribution in [3.63, 3.8) is 0 Å². The molecule has 1 amide bonds. The Morgan fingerprint density at radius 3 is 1.73 bits per heavy atom. The highest BCUT2D eigenvalue weighted by Gasteiger charge is 2.44. The van der Waals surface area contributed by atoms with Crippen molar-refractivity contribution in [1.82, 2.24) is 5.32 Å². The summed E-state index contributed by atoms with van der Waals surface area (Å²) < 4.78 is 29.7. The first-order valence-electron chi connectivity index (χ1n) is 16.4. The Morgan fingerprint density at radius 2 is 1.19 bits per heavy atom. The number of amides is 1. The molecule has 52 heavy (non-hydrogen) atoms. The lowest BCUT2D eigenvalue weighted by Gasteiger charge is -2.31. The van der Waals surface area contributed by atoms with E-state index in [1.54, 1.807) is 91.0 Å². The molecule has 0 aliphatic carbocycles. The molecular weight excluding hydrogens is 727 g/mol. The average Bonchev–Trinajstić information content (AvgIpc) is 3.11. The summed E-state index contributed by atoms with van der Waals surface area (Å²) in [6.45, 7) is 4.48. The summed E-state index contributed by atoms with van der Waals surface area (Å²) >= 11 is 18.4. The number of hydrogen-bond acceptors (Lipinski definition) is 3. The quantitative estimate of drug-likeness (QED) is 0.144. The first-order valence-corrected chi connectivity index (χ1v) is 17.5. The molecule has 0 aliphatic rings. The Kier molecular flexibility index (Phi) is 11.9. The lowest BCUT2D eigenvalue weighted by Crippen LogP contribution is -2.41. The molecule has 6 aromatic carbocycles. The smallest absolute Gasteiger partial charge is 0.336 e. The van der Waals surface area contributed by atoms with E-state index in [2.05, 4.69) is 5.32 Å². The maximum atomic E-state index is 14.8. The molecule has 0 heterocycles. The van der Waals surface area contributed by atoms with Crippen LogP contribution in [0.4, 0.5) is 8.78 Å². The number of aliphatic hydroxyl groups is 1. The van der Waals surface area contributed by atoms with Crippen LogP contribution in [-0.4, -0.2) is 28.1 Å². The number of aliphatic hydroxyl groups excluding tert-OH is 1. The van der Waals surface area contributed by atoms with Crippen LogP contribution in [0.3, 0.4) is 0 Å². The second-order valence-electron chi connectivity index (χ2n) is 13.4. The topological polar surface area (TPSA) is 86.6 Å². The molecule has 268 valence electrons. The lowest BCUT2D eigenvalue weighted by atomic mass is 9.83. The van der Waals surface area contributed by atoms with Crippen LogP contribution >= 0.6 is 34.8 Å². The van der Waals surface area contributed by atoms with Gasteiger partial charge in [-0.2, -0.15) is 0 Å². The largest absolute Gasteiger partial charge is 0.478 e. The number of carboxylic acids is 1. The van der Waals surface area contributed by atoms with Crippen molar-refractivity contribution in [2.24, 2.45) is 5.41 Å². The van der Waals surface area contributed by atoms with Gasteiger partial charge in [-0.05, 0) is 64.7 Å². The van der Waals surface area contributed by atoms with E-state index in [0.717, 1.165) is 10.8 Å². The van der Waals surface area contributed by atoms with E-state index in [4.69, 9.17) is 39.9 Å². The number of carbonyl (C=O) groups is 2. The van der Waals surface area contributed by atoms with Crippen molar-refractivity contribution >= 4 is 68.2 Å². The number of halogens is 5. The molecule has 0 saturated carbocycles. The molecule has 0 bridgehead atoms. The zero-order valence-corrected chi connectivity index (χ0v) is 30.8. The summed E-state index contributed by atoms with van der Waals surface area (Å²) in [5.74, 6) is -4.34. The molecular formula is C42H36Cl3F2NO4. The first kappa shape index (κ1) is 38.7. The maximum absolute atomic E-state index is 14.8. The Labute approximate surface area is 315 Å². The average molecular weight is 763 g/mol. The monoisotopic (exact) mass is 761 g/mol. The molecule has 2 unspecified atom stereocenters. The van der Waals surface area contributed by atoms with Gasteiger partial charge in [0.15, 0.2) is 0 Å². The number of nitrogens with one attached hydrogen (secondary N) is 1. The SMILES string of the molecule is CC(C)(C)C(F)(F)c1ccc(CC(NC(=O)c2cccc3c(Cl)cccc23)C(O)c2cccc(Cl)c2)cc1.O=C(O)c1cccc2c(Cl)cccc12. The highest BCUT2D eigenvalue weighted by Crippen LogP contribution is 2.44. The normalized spacial score (nSPS) is 12.9. The van der Waals surface area contributed by atoms with Gasteiger partial charge in [0, 0.05) is 42.4 Å². The number of alkyl halides is 2. The van der Waals surface area contributed by atoms with Gasteiger partial charge in [0.2, 0.25) is 0 Å². The van der Waals surface area contributed by atoms with Crippen LogP contribution in [0, 0.1) is 5.41 Å². The Morgan fingerprint density at radius 1 is 0.692 bits per heavy atom. The van der Waals surface area contributed by atoms with Gasteiger partial charge in [0.25, 0.3) is 11.8 Å². The van der Waals surface area contributed by atoms with Crippen LogP contribution in [0.25, 0.3) is 21.5 Å². The fraction of sp³-hybridized carbons (Fsp3) is 0.190. The van der Waals surface area contributed by atoms with Crippen molar-refractivity contribution in [3.8, 4) is 0 Å². The summed E-state index contributed by atoms with van der Waals surface area (Å²) in [5.41, 5.74) is 0.580. The van der Waals surface area contributed by atoms with Gasteiger partial charge in [0.1, 0.15) is 0 Å². The van der Waals surface area contributed by atoms with Crippen molar-refractivity contribution in [3.05, 3.63) is 164 Å². The van der Waals surface area contributed by atoms with Crippen LogP contribution in [0.15, 0.2) is 121 Å². The third kappa shape index (κ3) is 8.56. The molecule has 2 atom stereocenters. The van der Waals surface area contributed by atoms with Gasteiger partial charge < -0.3 is 15.5 Å².